The van der Waals surface area contributed by atoms with Crippen molar-refractivity contribution in [2.75, 3.05) is 0 Å². The molecular formula is C42H32O4P2. The quantitative estimate of drug-likeness (QED) is 0.137. The van der Waals surface area contributed by atoms with Gasteiger partial charge in [-0.25, -0.2) is 0 Å². The fourth-order valence-corrected chi connectivity index (χ4v) is 7.59. The van der Waals surface area contributed by atoms with Gasteiger partial charge in [-0.3, -0.25) is 0 Å². The van der Waals surface area contributed by atoms with Gasteiger partial charge >= 0.3 is 0 Å². The molecule has 0 fully saturated rings. The number of aryl methyl sites for hydroxylation is 1. The van der Waals surface area contributed by atoms with Crippen LogP contribution in [0.25, 0.3) is 54.2 Å². The molecule has 8 aromatic carbocycles. The molecule has 48 heavy (non-hydrogen) atoms. The minimum absolute atomic E-state index is 0.255. The normalized spacial score (nSPS) is 11.8. The zero-order chi connectivity index (χ0) is 32.3. The lowest BCUT2D eigenvalue weighted by atomic mass is 9.90. The maximum atomic E-state index is 6.72. The van der Waals surface area contributed by atoms with Crippen LogP contribution in [0, 0.1) is 0 Å². The zero-order valence-corrected chi connectivity index (χ0v) is 28.3. The Hall–Kier alpha value is -5.14. The third-order valence-corrected chi connectivity index (χ3v) is 9.90. The Labute approximate surface area is 283 Å². The summed E-state index contributed by atoms with van der Waals surface area (Å²) in [6.07, 6.45) is 0.790. The molecule has 0 aliphatic carbocycles. The summed E-state index contributed by atoms with van der Waals surface area (Å²) in [6, 6.07) is 51.9. The van der Waals surface area contributed by atoms with Crippen molar-refractivity contribution in [2.24, 2.45) is 0 Å². The van der Waals surface area contributed by atoms with E-state index in [4.69, 9.17) is 18.1 Å². The summed E-state index contributed by atoms with van der Waals surface area (Å²) in [5, 5.41) is 8.78. The Morgan fingerprint density at radius 2 is 0.854 bits per heavy atom. The molecule has 4 nitrogen and oxygen atoms in total. The topological polar surface area (TPSA) is 36.9 Å². The molecule has 0 radical (unpaired) electrons. The smallest absolute Gasteiger partial charge is 0.275 e. The van der Waals surface area contributed by atoms with Gasteiger partial charge in [0.05, 0.1) is 0 Å². The van der Waals surface area contributed by atoms with Crippen molar-refractivity contribution in [1.82, 2.24) is 0 Å². The van der Waals surface area contributed by atoms with Crippen molar-refractivity contribution in [3.63, 3.8) is 0 Å². The van der Waals surface area contributed by atoms with Crippen molar-refractivity contribution in [3.8, 4) is 34.1 Å². The molecule has 0 saturated carbocycles. The van der Waals surface area contributed by atoms with E-state index in [2.05, 4.69) is 104 Å². The molecule has 0 amide bonds. The van der Waals surface area contributed by atoms with Crippen LogP contribution in [0.5, 0.6) is 23.0 Å². The Morgan fingerprint density at radius 1 is 0.396 bits per heavy atom. The molecule has 0 saturated heterocycles. The summed E-state index contributed by atoms with van der Waals surface area (Å²) in [5.41, 5.74) is 3.06. The number of rotatable bonds is 10. The lowest BCUT2D eigenvalue weighted by Crippen LogP contribution is -1.98. The van der Waals surface area contributed by atoms with Gasteiger partial charge in [-0.15, -0.1) is 0 Å². The van der Waals surface area contributed by atoms with E-state index >= 15 is 0 Å². The number of fused-ring (bicyclic) bond motifs is 4. The van der Waals surface area contributed by atoms with Crippen LogP contribution in [0.3, 0.4) is 0 Å². The molecule has 0 N–H and O–H groups in total. The summed E-state index contributed by atoms with van der Waals surface area (Å²) in [4.78, 5) is 0. The summed E-state index contributed by atoms with van der Waals surface area (Å²) in [5.74, 6) is 3.12. The van der Waals surface area contributed by atoms with Gasteiger partial charge in [-0.05, 0) is 68.6 Å². The first-order chi connectivity index (χ1) is 23.8. The minimum atomic E-state index is -0.257. The van der Waals surface area contributed by atoms with Gasteiger partial charge in [-0.2, -0.15) is 0 Å². The zero-order valence-electron chi connectivity index (χ0n) is 26.3. The Morgan fingerprint density at radius 3 is 1.46 bits per heavy atom. The van der Waals surface area contributed by atoms with Crippen LogP contribution in [0.4, 0.5) is 0 Å². The van der Waals surface area contributed by atoms with E-state index in [1.165, 1.54) is 0 Å². The summed E-state index contributed by atoms with van der Waals surface area (Å²) >= 11 is 0. The van der Waals surface area contributed by atoms with E-state index < -0.39 is 0 Å². The van der Waals surface area contributed by atoms with Gasteiger partial charge < -0.3 is 18.1 Å². The number of hydrogen-bond donors (Lipinski definition) is 0. The first-order valence-electron chi connectivity index (χ1n) is 16.0. The van der Waals surface area contributed by atoms with E-state index in [-0.39, 0.29) is 18.1 Å². The molecule has 2 unspecified atom stereocenters. The first kappa shape index (κ1) is 30.2. The second kappa shape index (κ2) is 13.5. The van der Waals surface area contributed by atoms with Gasteiger partial charge in [0.25, 0.3) is 18.1 Å². The van der Waals surface area contributed by atoms with Crippen LogP contribution in [0.2, 0.25) is 0 Å². The van der Waals surface area contributed by atoms with Crippen molar-refractivity contribution >= 4 is 61.2 Å². The molecule has 0 aromatic heterocycles. The van der Waals surface area contributed by atoms with Crippen molar-refractivity contribution in [1.29, 1.82) is 0 Å². The minimum Gasteiger partial charge on any atom is -0.440 e. The van der Waals surface area contributed by atoms with Gasteiger partial charge in [0, 0.05) is 21.9 Å². The number of benzene rings is 8. The van der Waals surface area contributed by atoms with Gasteiger partial charge in [0.1, 0.15) is 23.0 Å². The lowest BCUT2D eigenvalue weighted by Gasteiger charge is -2.21. The Balaban J connectivity index is 1.22. The molecule has 2 atom stereocenters. The maximum absolute atomic E-state index is 6.72. The fraction of sp³-hybridized carbons (Fsp3) is 0.0476. The lowest BCUT2D eigenvalue weighted by molar-refractivity contribution is 0.513. The molecule has 0 heterocycles. The molecule has 8 aromatic rings. The van der Waals surface area contributed by atoms with Crippen molar-refractivity contribution in [2.45, 2.75) is 13.3 Å². The van der Waals surface area contributed by atoms with Crippen LogP contribution in [-0.4, -0.2) is 0 Å². The van der Waals surface area contributed by atoms with E-state index in [1.54, 1.807) is 0 Å². The SMILES string of the molecule is CCc1cc2ccccc2c(-c2c(OPOc3cccc4ccccc34)ccc3ccccc23)c1OPOc1cccc2ccccc12. The average molecular weight is 663 g/mol. The van der Waals surface area contributed by atoms with Crippen LogP contribution >= 0.6 is 18.1 Å². The van der Waals surface area contributed by atoms with E-state index in [0.717, 1.165) is 89.2 Å². The van der Waals surface area contributed by atoms with Crippen LogP contribution in [-0.2, 0) is 6.42 Å². The molecule has 234 valence electrons. The highest BCUT2D eigenvalue weighted by Gasteiger charge is 2.22. The molecule has 0 spiro atoms. The van der Waals surface area contributed by atoms with E-state index in [0.29, 0.717) is 0 Å². The molecular weight excluding hydrogens is 630 g/mol. The fourth-order valence-electron chi connectivity index (χ4n) is 6.40. The van der Waals surface area contributed by atoms with E-state index in [1.807, 2.05) is 54.6 Å². The monoisotopic (exact) mass is 662 g/mol. The predicted octanol–water partition coefficient (Wildman–Crippen LogP) is 12.5. The third kappa shape index (κ3) is 5.79. The Bertz CT molecular complexity index is 2410. The van der Waals surface area contributed by atoms with Gasteiger partial charge in [0.2, 0.25) is 0 Å². The van der Waals surface area contributed by atoms with Crippen molar-refractivity contribution in [3.05, 3.63) is 157 Å². The third-order valence-electron chi connectivity index (χ3n) is 8.70. The average Bonchev–Trinajstić information content (AvgIpc) is 3.14. The molecule has 8 rings (SSSR count). The number of hydrogen-bond acceptors (Lipinski definition) is 4. The maximum Gasteiger partial charge on any atom is 0.275 e. The Kier molecular flexibility index (Phi) is 8.52. The highest BCUT2D eigenvalue weighted by Crippen LogP contribution is 2.50. The molecule has 6 heteroatoms. The predicted molar refractivity (Wildman–Crippen MR) is 203 cm³/mol. The molecule has 0 aliphatic rings. The van der Waals surface area contributed by atoms with Crippen molar-refractivity contribution < 1.29 is 18.1 Å². The van der Waals surface area contributed by atoms with Crippen LogP contribution in [0.1, 0.15) is 12.5 Å². The van der Waals surface area contributed by atoms with E-state index in [9.17, 15) is 0 Å². The second-order valence-electron chi connectivity index (χ2n) is 11.5. The summed E-state index contributed by atoms with van der Waals surface area (Å²) < 4.78 is 25.9. The van der Waals surface area contributed by atoms with Gasteiger partial charge in [0.15, 0.2) is 0 Å². The molecule has 0 aliphatic heterocycles. The molecule has 0 bridgehead atoms. The largest absolute Gasteiger partial charge is 0.440 e. The first-order valence-corrected chi connectivity index (χ1v) is 17.6. The summed E-state index contributed by atoms with van der Waals surface area (Å²) in [6.45, 7) is 2.16. The highest BCUT2D eigenvalue weighted by atomic mass is 31.1. The van der Waals surface area contributed by atoms with Gasteiger partial charge in [-0.1, -0.05) is 134 Å². The highest BCUT2D eigenvalue weighted by molar-refractivity contribution is 7.27. The second-order valence-corrected chi connectivity index (χ2v) is 12.7. The van der Waals surface area contributed by atoms with Crippen LogP contribution < -0.4 is 18.1 Å². The standard InChI is InChI=1S/C42H32O4P2/c1-2-28-27-32-16-6-10-22-36(32)41(42(28)46-48-44-38-24-12-18-30-14-4-8-20-34(30)38)40-35-21-9-5-15-31(35)25-26-39(40)45-47-43-37-23-11-17-29-13-3-7-19-33(29)37/h3-27,47-48H,2H2,1H3. The summed E-state index contributed by atoms with van der Waals surface area (Å²) in [7, 11) is -0.512. The van der Waals surface area contributed by atoms with Crippen LogP contribution in [0.15, 0.2) is 152 Å².